The molecule has 0 saturated heterocycles. The quantitative estimate of drug-likeness (QED) is 0.117. The van der Waals surface area contributed by atoms with Crippen LogP contribution < -0.4 is 0 Å². The van der Waals surface area contributed by atoms with Crippen LogP contribution in [0.15, 0.2) is 0 Å². The lowest BCUT2D eigenvalue weighted by molar-refractivity contribution is -0.464. The van der Waals surface area contributed by atoms with Gasteiger partial charge in [-0.2, -0.15) is 101 Å². The van der Waals surface area contributed by atoms with Crippen LogP contribution in [-0.2, 0) is 0 Å². The average Bonchev–Trinajstić information content (AvgIpc) is 2.64. The Morgan fingerprint density at radius 3 is 0.605 bits per heavy atom. The molecule has 38 heavy (non-hydrogen) atoms. The van der Waals surface area contributed by atoms with E-state index in [1.807, 2.05) is 0 Å². The van der Waals surface area contributed by atoms with E-state index in [-0.39, 0.29) is 0 Å². The smallest absolute Gasteiger partial charge is 0.218 e. The Hall–Kier alpha value is -0.220. The molecule has 0 bridgehead atoms. The van der Waals surface area contributed by atoms with Gasteiger partial charge in [-0.3, -0.25) is 0 Å². The molecule has 0 aliphatic heterocycles. The molecule has 0 rings (SSSR count). The van der Waals surface area contributed by atoms with Crippen LogP contribution >= 0.6 is 45.2 Å². The maximum absolute atomic E-state index is 13.6. The van der Waals surface area contributed by atoms with Crippen molar-refractivity contribution in [3.8, 4) is 0 Å². The van der Waals surface area contributed by atoms with E-state index in [1.165, 1.54) is 0 Å². The van der Waals surface area contributed by atoms with Crippen molar-refractivity contribution in [1.82, 2.24) is 0 Å². The van der Waals surface area contributed by atoms with E-state index >= 15 is 0 Å². The minimum atomic E-state index is -9.36. The summed E-state index contributed by atoms with van der Waals surface area (Å²) < 4.78 is 301. The predicted molar refractivity (Wildman–Crippen MR) is 87.4 cm³/mol. The maximum Gasteiger partial charge on any atom is 0.457 e. The maximum atomic E-state index is 13.6. The van der Waals surface area contributed by atoms with Gasteiger partial charge in [-0.25, -0.2) is 4.39 Å². The van der Waals surface area contributed by atoms with E-state index in [0.717, 1.165) is 0 Å². The SMILES string of the molecule is FC(F)(F)C(F)(F)C(F)(I)C(F)(F)C(F)(F)C(F)(F)C(F)(F)C(F)(F)C(F)(F)C(F)(F)C(F)(F)C(F)(F)I. The van der Waals surface area contributed by atoms with Crippen LogP contribution in [0.1, 0.15) is 0 Å². The molecule has 230 valence electrons. The van der Waals surface area contributed by atoms with Gasteiger partial charge >= 0.3 is 67.1 Å². The summed E-state index contributed by atoms with van der Waals surface area (Å²) in [5.74, 6) is -79.4. The van der Waals surface area contributed by atoms with Gasteiger partial charge < -0.3 is 0 Å². The summed E-state index contributed by atoms with van der Waals surface area (Å²) in [5, 5.41) is 0. The van der Waals surface area contributed by atoms with Crippen molar-refractivity contribution in [3.63, 3.8) is 0 Å². The minimum Gasteiger partial charge on any atom is -0.218 e. The van der Waals surface area contributed by atoms with Crippen molar-refractivity contribution in [1.29, 1.82) is 0 Å². The largest absolute Gasteiger partial charge is 0.457 e. The Bertz CT molecular complexity index is 802. The van der Waals surface area contributed by atoms with Crippen LogP contribution in [0.25, 0.3) is 0 Å². The third-order valence-electron chi connectivity index (χ3n) is 4.26. The summed E-state index contributed by atoms with van der Waals surface area (Å²) in [7, 11) is 0. The van der Waals surface area contributed by atoms with Crippen molar-refractivity contribution in [2.24, 2.45) is 0 Å². The van der Waals surface area contributed by atoms with Crippen LogP contribution in [-0.4, -0.2) is 67.1 Å². The summed E-state index contributed by atoms with van der Waals surface area (Å²) in [5.41, 5.74) is 0. The highest BCUT2D eigenvalue weighted by Gasteiger charge is 2.98. The van der Waals surface area contributed by atoms with E-state index in [2.05, 4.69) is 0 Å². The first kappa shape index (κ1) is 37.8. The molecule has 26 heteroatoms. The Morgan fingerprint density at radius 1 is 0.237 bits per heavy atom. The van der Waals surface area contributed by atoms with Crippen LogP contribution in [0.4, 0.5) is 105 Å². The summed E-state index contributed by atoms with van der Waals surface area (Å²) in [6.45, 7) is 0. The fourth-order valence-electron chi connectivity index (χ4n) is 1.93. The first-order chi connectivity index (χ1) is 15.8. The number of rotatable bonds is 10. The highest BCUT2D eigenvalue weighted by molar-refractivity contribution is 14.1. The predicted octanol–water partition coefficient (Wildman–Crippen LogP) is 9.40. The van der Waals surface area contributed by atoms with Gasteiger partial charge in [0, 0.05) is 22.6 Å². The van der Waals surface area contributed by atoms with Gasteiger partial charge in [0.2, 0.25) is 0 Å². The number of hydrogen-bond donors (Lipinski definition) is 0. The third kappa shape index (κ3) is 4.44. The van der Waals surface area contributed by atoms with Gasteiger partial charge in [0.15, 0.2) is 0 Å². The molecule has 0 N–H and O–H groups in total. The second-order valence-corrected chi connectivity index (χ2v) is 9.58. The van der Waals surface area contributed by atoms with Crippen LogP contribution in [0.5, 0.6) is 0 Å². The molecule has 1 unspecified atom stereocenters. The van der Waals surface area contributed by atoms with Gasteiger partial charge in [0.05, 0.1) is 0 Å². The standard InChI is InChI=1S/C12F24I2/c13-1(14,2(15,16)4(19,20)6(23,24)8(27,28)12(35,36)38)3(17,18)5(21,22)7(25,26)10(31,37)9(29,30)11(32,33)34. The third-order valence-corrected chi connectivity index (χ3v) is 6.29. The molecule has 0 aliphatic carbocycles. The second kappa shape index (κ2) is 9.14. The molecule has 0 aromatic heterocycles. The summed E-state index contributed by atoms with van der Waals surface area (Å²) >= 11 is -2.94. The van der Waals surface area contributed by atoms with Crippen LogP contribution in [0.3, 0.4) is 0 Å². The van der Waals surface area contributed by atoms with E-state index in [4.69, 9.17) is 0 Å². The molecule has 0 aromatic carbocycles. The van der Waals surface area contributed by atoms with Crippen molar-refractivity contribution in [3.05, 3.63) is 0 Å². The van der Waals surface area contributed by atoms with Gasteiger partial charge in [-0.15, -0.1) is 0 Å². The number of halogens is 26. The summed E-state index contributed by atoms with van der Waals surface area (Å²) in [6, 6.07) is 0. The topological polar surface area (TPSA) is 0 Å². The molecule has 0 saturated carbocycles. The van der Waals surface area contributed by atoms with Crippen molar-refractivity contribution >= 4 is 45.2 Å². The lowest BCUT2D eigenvalue weighted by Crippen LogP contribution is -2.77. The van der Waals surface area contributed by atoms with Crippen molar-refractivity contribution in [2.75, 3.05) is 0 Å². The zero-order valence-corrected chi connectivity index (χ0v) is 20.1. The molecular formula is C12F24I2. The molecule has 0 fully saturated rings. The van der Waals surface area contributed by atoms with E-state index in [0.29, 0.717) is 0 Å². The van der Waals surface area contributed by atoms with Gasteiger partial charge in [0.1, 0.15) is 0 Å². The minimum absolute atomic E-state index is 1.21. The lowest BCUT2D eigenvalue weighted by Gasteiger charge is -2.46. The molecular weight excluding hydrogens is 854 g/mol. The molecule has 0 nitrogen and oxygen atoms in total. The molecule has 0 radical (unpaired) electrons. The van der Waals surface area contributed by atoms with Gasteiger partial charge in [-0.05, 0) is 22.6 Å². The first-order valence-corrected chi connectivity index (χ1v) is 9.82. The van der Waals surface area contributed by atoms with Crippen LogP contribution in [0.2, 0.25) is 0 Å². The Morgan fingerprint density at radius 2 is 0.421 bits per heavy atom. The van der Waals surface area contributed by atoms with Crippen LogP contribution in [0, 0.1) is 0 Å². The fraction of sp³-hybridized carbons (Fsp3) is 1.00. The van der Waals surface area contributed by atoms with Gasteiger partial charge in [0.25, 0.3) is 0 Å². The number of alkyl halides is 26. The van der Waals surface area contributed by atoms with E-state index < -0.39 is 112 Å². The lowest BCUT2D eigenvalue weighted by atomic mass is 9.86. The Kier molecular flexibility index (Phi) is 9.09. The highest BCUT2D eigenvalue weighted by atomic mass is 127. The Labute approximate surface area is 217 Å². The average molecular weight is 854 g/mol. The molecule has 0 amide bonds. The molecule has 0 aromatic rings. The van der Waals surface area contributed by atoms with Crippen molar-refractivity contribution in [2.45, 2.75) is 67.1 Å². The van der Waals surface area contributed by atoms with E-state index in [1.54, 1.807) is 0 Å². The number of hydrogen-bond acceptors (Lipinski definition) is 0. The fourth-order valence-corrected chi connectivity index (χ4v) is 2.92. The van der Waals surface area contributed by atoms with Crippen molar-refractivity contribution < 1.29 is 105 Å². The summed E-state index contributed by atoms with van der Waals surface area (Å²) in [6.07, 6.45) is -7.78. The molecule has 0 spiro atoms. The molecule has 0 heterocycles. The Balaban J connectivity index is 7.29. The highest BCUT2D eigenvalue weighted by Crippen LogP contribution is 2.68. The zero-order valence-electron chi connectivity index (χ0n) is 15.8. The summed E-state index contributed by atoms with van der Waals surface area (Å²) in [4.78, 5) is 0. The first-order valence-electron chi connectivity index (χ1n) is 7.66. The van der Waals surface area contributed by atoms with Gasteiger partial charge in [-0.1, -0.05) is 0 Å². The van der Waals surface area contributed by atoms with E-state index in [9.17, 15) is 105 Å². The normalized spacial score (nSPS) is 18.5. The molecule has 0 aliphatic rings. The molecule has 1 atom stereocenters. The monoisotopic (exact) mass is 854 g/mol. The zero-order chi connectivity index (χ0) is 32.0. The second-order valence-electron chi connectivity index (χ2n) is 6.74.